The lowest BCUT2D eigenvalue weighted by Crippen LogP contribution is -2.43. The molecule has 146 valence electrons. The summed E-state index contributed by atoms with van der Waals surface area (Å²) >= 11 is 0. The van der Waals surface area contributed by atoms with Gasteiger partial charge in [0, 0.05) is 12.6 Å². The Morgan fingerprint density at radius 1 is 0.828 bits per heavy atom. The lowest BCUT2D eigenvalue weighted by Gasteiger charge is -2.34. The second-order valence-corrected chi connectivity index (χ2v) is 6.95. The van der Waals surface area contributed by atoms with Crippen molar-refractivity contribution in [2.24, 2.45) is 0 Å². The summed E-state index contributed by atoms with van der Waals surface area (Å²) in [6.45, 7) is 0. The van der Waals surface area contributed by atoms with Crippen molar-refractivity contribution >= 4 is 22.8 Å². The van der Waals surface area contributed by atoms with Crippen LogP contribution >= 0.6 is 0 Å². The van der Waals surface area contributed by atoms with E-state index in [9.17, 15) is 22.8 Å². The van der Waals surface area contributed by atoms with Crippen LogP contribution in [0.25, 0.3) is 11.1 Å². The highest BCUT2D eigenvalue weighted by Crippen LogP contribution is 2.48. The van der Waals surface area contributed by atoms with Gasteiger partial charge in [0.2, 0.25) is 0 Å². The van der Waals surface area contributed by atoms with E-state index >= 15 is 0 Å². The van der Waals surface area contributed by atoms with E-state index in [4.69, 9.17) is 0 Å². The summed E-state index contributed by atoms with van der Waals surface area (Å²) in [6, 6.07) is 13.7. The Bertz CT molecular complexity index is 1060. The molecule has 0 saturated heterocycles. The number of carbonyl (C=O) groups excluding carboxylic acids is 2. The summed E-state index contributed by atoms with van der Waals surface area (Å²) in [5.41, 5.74) is 0.332. The molecule has 0 radical (unpaired) electrons. The molecule has 0 aromatic heterocycles. The number of rotatable bonds is 2. The summed E-state index contributed by atoms with van der Waals surface area (Å²) in [7, 11) is 1.62. The highest BCUT2D eigenvalue weighted by molar-refractivity contribution is 6.33. The molecule has 1 aliphatic heterocycles. The molecule has 4 rings (SSSR count). The average Bonchev–Trinajstić information content (AvgIpc) is 2.92. The summed E-state index contributed by atoms with van der Waals surface area (Å²) in [5, 5.41) is 0. The van der Waals surface area contributed by atoms with Crippen LogP contribution in [0, 0.1) is 0 Å². The Labute approximate surface area is 165 Å². The normalized spacial score (nSPS) is 18.3. The van der Waals surface area contributed by atoms with Crippen LogP contribution in [0.3, 0.4) is 0 Å². The highest BCUT2D eigenvalue weighted by atomic mass is 19.4. The van der Waals surface area contributed by atoms with Crippen molar-refractivity contribution in [3.05, 3.63) is 95.6 Å². The number of nitrogens with zero attached hydrogens (tertiary/aromatic N) is 1. The molecule has 29 heavy (non-hydrogen) atoms. The fourth-order valence-electron chi connectivity index (χ4n) is 3.80. The number of halogens is 3. The van der Waals surface area contributed by atoms with Gasteiger partial charge in [-0.25, -0.2) is 0 Å². The van der Waals surface area contributed by atoms with Gasteiger partial charge in [-0.15, -0.1) is 0 Å². The van der Waals surface area contributed by atoms with E-state index in [1.54, 1.807) is 19.2 Å². The van der Waals surface area contributed by atoms with Gasteiger partial charge in [-0.1, -0.05) is 42.5 Å². The maximum absolute atomic E-state index is 13.2. The number of allylic oxidation sites excluding steroid dienone is 2. The van der Waals surface area contributed by atoms with Crippen LogP contribution in [0.5, 0.6) is 0 Å². The first-order valence-corrected chi connectivity index (χ1v) is 8.92. The molecule has 6 heteroatoms. The minimum Gasteiger partial charge on any atom is -0.325 e. The second kappa shape index (κ2) is 6.58. The van der Waals surface area contributed by atoms with Crippen LogP contribution in [0.4, 0.5) is 13.2 Å². The molecule has 2 aromatic rings. The van der Waals surface area contributed by atoms with Crippen LogP contribution in [-0.4, -0.2) is 29.2 Å². The molecule has 3 nitrogen and oxygen atoms in total. The van der Waals surface area contributed by atoms with Crippen molar-refractivity contribution in [2.45, 2.75) is 11.7 Å². The zero-order valence-corrected chi connectivity index (χ0v) is 15.4. The average molecular weight is 395 g/mol. The monoisotopic (exact) mass is 395 g/mol. The molecule has 2 aromatic carbocycles. The minimum atomic E-state index is -4.46. The molecule has 0 unspecified atom stereocenters. The van der Waals surface area contributed by atoms with E-state index in [2.05, 4.69) is 0 Å². The topological polar surface area (TPSA) is 37.4 Å². The number of amides is 1. The van der Waals surface area contributed by atoms with Gasteiger partial charge in [-0.05, 0) is 47.6 Å². The number of benzene rings is 2. The Kier molecular flexibility index (Phi) is 4.30. The summed E-state index contributed by atoms with van der Waals surface area (Å²) < 4.78 is 38.9. The van der Waals surface area contributed by atoms with Crippen molar-refractivity contribution in [2.75, 3.05) is 7.05 Å². The van der Waals surface area contributed by atoms with Gasteiger partial charge in [0.05, 0.1) is 11.1 Å². The van der Waals surface area contributed by atoms with Crippen molar-refractivity contribution in [1.82, 2.24) is 4.90 Å². The van der Waals surface area contributed by atoms with Gasteiger partial charge >= 0.3 is 6.18 Å². The first-order chi connectivity index (χ1) is 13.7. The number of ketones is 1. The molecular weight excluding hydrogens is 379 g/mol. The second-order valence-electron chi connectivity index (χ2n) is 6.95. The molecule has 0 bridgehead atoms. The van der Waals surface area contributed by atoms with Crippen LogP contribution in [0.1, 0.15) is 16.7 Å². The Morgan fingerprint density at radius 2 is 1.41 bits per heavy atom. The fourth-order valence-corrected chi connectivity index (χ4v) is 3.80. The molecular formula is C23H16F3NO2. The first-order valence-electron chi connectivity index (χ1n) is 8.92. The summed E-state index contributed by atoms with van der Waals surface area (Å²) in [6.07, 6.45) is 1.67. The Hall–Kier alpha value is -3.41. The SMILES string of the molecule is CN1C(=O)C(c2ccc(C(F)(F)F)cc2)=C(c2ccccc2)C12C=CC(=O)C=C2. The molecule has 1 heterocycles. The molecule has 1 spiro atoms. The first kappa shape index (κ1) is 18.9. The quantitative estimate of drug-likeness (QED) is 0.750. The van der Waals surface area contributed by atoms with Crippen LogP contribution in [0.2, 0.25) is 0 Å². The van der Waals surface area contributed by atoms with Crippen LogP contribution in [0.15, 0.2) is 78.9 Å². The predicted molar refractivity (Wildman–Crippen MR) is 103 cm³/mol. The number of carbonyl (C=O) groups is 2. The van der Waals surface area contributed by atoms with Gasteiger partial charge in [0.25, 0.3) is 5.91 Å². The zero-order chi connectivity index (χ0) is 20.8. The number of alkyl halides is 3. The van der Waals surface area contributed by atoms with Crippen LogP contribution < -0.4 is 0 Å². The standard InChI is InChI=1S/C23H16F3NO2/c1-27-21(29)19(15-7-9-17(10-8-15)23(24,25)26)20(16-5-3-2-4-6-16)22(27)13-11-18(28)12-14-22/h2-14H,1H3. The van der Waals surface area contributed by atoms with E-state index < -0.39 is 17.3 Å². The third kappa shape index (κ3) is 3.01. The molecule has 0 atom stereocenters. The van der Waals surface area contributed by atoms with Gasteiger partial charge in [-0.3, -0.25) is 9.59 Å². The summed E-state index contributed by atoms with van der Waals surface area (Å²) in [4.78, 5) is 26.4. The van der Waals surface area contributed by atoms with Gasteiger partial charge in [0.15, 0.2) is 5.78 Å². The van der Waals surface area contributed by atoms with E-state index in [1.807, 2.05) is 30.3 Å². The minimum absolute atomic E-state index is 0.188. The van der Waals surface area contributed by atoms with E-state index in [0.29, 0.717) is 16.7 Å². The largest absolute Gasteiger partial charge is 0.416 e. The van der Waals surface area contributed by atoms with Gasteiger partial charge in [-0.2, -0.15) is 13.2 Å². The lowest BCUT2D eigenvalue weighted by atomic mass is 9.80. The Morgan fingerprint density at radius 3 is 1.97 bits per heavy atom. The maximum atomic E-state index is 13.2. The third-order valence-electron chi connectivity index (χ3n) is 5.29. The van der Waals surface area contributed by atoms with Crippen molar-refractivity contribution in [1.29, 1.82) is 0 Å². The molecule has 1 amide bonds. The molecule has 0 saturated carbocycles. The Balaban J connectivity index is 1.97. The molecule has 2 aliphatic rings. The maximum Gasteiger partial charge on any atom is 0.416 e. The van der Waals surface area contributed by atoms with Gasteiger partial charge < -0.3 is 4.90 Å². The van der Waals surface area contributed by atoms with Crippen molar-refractivity contribution in [3.8, 4) is 0 Å². The van der Waals surface area contributed by atoms with E-state index in [-0.39, 0.29) is 11.7 Å². The predicted octanol–water partition coefficient (Wildman–Crippen LogP) is 4.52. The van der Waals surface area contributed by atoms with Gasteiger partial charge in [0.1, 0.15) is 5.54 Å². The zero-order valence-electron chi connectivity index (χ0n) is 15.4. The smallest absolute Gasteiger partial charge is 0.325 e. The number of likely N-dealkylation sites (N-methyl/N-ethyl adjacent to an activating group) is 1. The molecule has 0 fully saturated rings. The number of hydrogen-bond acceptors (Lipinski definition) is 2. The molecule has 1 aliphatic carbocycles. The number of hydrogen-bond donors (Lipinski definition) is 0. The van der Waals surface area contributed by atoms with E-state index in [1.165, 1.54) is 29.2 Å². The fraction of sp³-hybridized carbons (Fsp3) is 0.130. The van der Waals surface area contributed by atoms with Crippen molar-refractivity contribution < 1.29 is 22.8 Å². The third-order valence-corrected chi connectivity index (χ3v) is 5.29. The van der Waals surface area contributed by atoms with Crippen molar-refractivity contribution in [3.63, 3.8) is 0 Å². The molecule has 0 N–H and O–H groups in total. The summed E-state index contributed by atoms with van der Waals surface area (Å²) in [5.74, 6) is -0.515. The lowest BCUT2D eigenvalue weighted by molar-refractivity contribution is -0.137. The van der Waals surface area contributed by atoms with E-state index in [0.717, 1.165) is 17.7 Å². The highest BCUT2D eigenvalue weighted by Gasteiger charge is 2.48. The van der Waals surface area contributed by atoms with Crippen LogP contribution in [-0.2, 0) is 15.8 Å².